The molecule has 0 aliphatic rings. The second-order valence-electron chi connectivity index (χ2n) is 2.50. The summed E-state index contributed by atoms with van der Waals surface area (Å²) in [5.74, 6) is 0.176. The molecule has 0 aliphatic heterocycles. The summed E-state index contributed by atoms with van der Waals surface area (Å²) in [6.45, 7) is 1.81. The van der Waals surface area contributed by atoms with Crippen LogP contribution in [0.3, 0.4) is 0 Å². The van der Waals surface area contributed by atoms with Gasteiger partial charge in [-0.3, -0.25) is 4.79 Å². The summed E-state index contributed by atoms with van der Waals surface area (Å²) >= 11 is 1.50. The van der Waals surface area contributed by atoms with E-state index in [1.54, 1.807) is 0 Å². The highest BCUT2D eigenvalue weighted by atomic mass is 32.2. The van der Waals surface area contributed by atoms with Crippen molar-refractivity contribution in [3.8, 4) is 5.75 Å². The van der Waals surface area contributed by atoms with Gasteiger partial charge in [-0.2, -0.15) is 0 Å². The third-order valence-corrected chi connectivity index (χ3v) is 2.47. The summed E-state index contributed by atoms with van der Waals surface area (Å²) in [4.78, 5) is 11.4. The fourth-order valence-corrected chi connectivity index (χ4v) is 1.59. The van der Waals surface area contributed by atoms with Gasteiger partial charge in [0.2, 0.25) is 0 Å². The first-order valence-corrected chi connectivity index (χ1v) is 4.74. The summed E-state index contributed by atoms with van der Waals surface area (Å²) < 4.78 is 0. The number of aromatic hydroxyl groups is 1. The van der Waals surface area contributed by atoms with Gasteiger partial charge in [-0.25, -0.2) is 0 Å². The molecule has 1 N–H and O–H groups in total. The molecule has 0 saturated heterocycles. The van der Waals surface area contributed by atoms with Crippen LogP contribution in [-0.4, -0.2) is 17.6 Å². The van der Waals surface area contributed by atoms with Gasteiger partial charge in [0.05, 0.1) is 0 Å². The number of carbonyl (C=O) groups is 1. The molecule has 12 heavy (non-hydrogen) atoms. The van der Waals surface area contributed by atoms with Gasteiger partial charge in [0.15, 0.2) is 6.29 Å². The number of aryl methyl sites for hydroxylation is 1. The van der Waals surface area contributed by atoms with E-state index < -0.39 is 0 Å². The molecule has 1 rings (SSSR count). The van der Waals surface area contributed by atoms with Crippen LogP contribution in [0.4, 0.5) is 0 Å². The fraction of sp³-hybridized carbons (Fsp3) is 0.222. The number of phenolic OH excluding ortho intramolecular Hbond substituents is 1. The van der Waals surface area contributed by atoms with Gasteiger partial charge >= 0.3 is 0 Å². The summed E-state index contributed by atoms with van der Waals surface area (Å²) in [7, 11) is 0. The summed E-state index contributed by atoms with van der Waals surface area (Å²) in [6, 6.07) is 3.30. The molecule has 0 amide bonds. The Hall–Kier alpha value is -0.960. The zero-order chi connectivity index (χ0) is 9.14. The number of benzene rings is 1. The molecule has 0 unspecified atom stereocenters. The van der Waals surface area contributed by atoms with Crippen LogP contribution in [0.25, 0.3) is 0 Å². The van der Waals surface area contributed by atoms with Crippen molar-refractivity contribution in [1.29, 1.82) is 0 Å². The molecule has 2 nitrogen and oxygen atoms in total. The average Bonchev–Trinajstić information content (AvgIpc) is 2.09. The third kappa shape index (κ3) is 1.61. The summed E-state index contributed by atoms with van der Waals surface area (Å²) in [5.41, 5.74) is 1.34. The van der Waals surface area contributed by atoms with Gasteiger partial charge in [0.25, 0.3) is 0 Å². The zero-order valence-electron chi connectivity index (χ0n) is 7.00. The van der Waals surface area contributed by atoms with Crippen LogP contribution in [0.2, 0.25) is 0 Å². The molecule has 0 saturated carbocycles. The first kappa shape index (κ1) is 9.13. The number of aldehydes is 1. The summed E-state index contributed by atoms with van der Waals surface area (Å²) in [5, 5.41) is 9.28. The Morgan fingerprint density at radius 3 is 2.67 bits per heavy atom. The van der Waals surface area contributed by atoms with Gasteiger partial charge in [-0.05, 0) is 30.9 Å². The molecular formula is C9H10O2S. The normalized spacial score (nSPS) is 9.83. The Bertz CT molecular complexity index is 308. The lowest BCUT2D eigenvalue weighted by Gasteiger charge is -2.04. The maximum Gasteiger partial charge on any atom is 0.151 e. The SMILES string of the molecule is CSc1cc(C)c(O)cc1C=O. The maximum atomic E-state index is 10.5. The van der Waals surface area contributed by atoms with Gasteiger partial charge in [0, 0.05) is 10.5 Å². The van der Waals surface area contributed by atoms with Crippen LogP contribution < -0.4 is 0 Å². The molecule has 0 spiro atoms. The summed E-state index contributed by atoms with van der Waals surface area (Å²) in [6.07, 6.45) is 2.66. The van der Waals surface area contributed by atoms with E-state index in [4.69, 9.17) is 0 Å². The predicted octanol–water partition coefficient (Wildman–Crippen LogP) is 2.24. The van der Waals surface area contributed by atoms with Crippen molar-refractivity contribution in [3.63, 3.8) is 0 Å². The highest BCUT2D eigenvalue weighted by molar-refractivity contribution is 7.98. The van der Waals surface area contributed by atoms with Crippen molar-refractivity contribution in [2.24, 2.45) is 0 Å². The monoisotopic (exact) mass is 182 g/mol. The van der Waals surface area contributed by atoms with Gasteiger partial charge < -0.3 is 5.11 Å². The van der Waals surface area contributed by atoms with Crippen LogP contribution in [0, 0.1) is 6.92 Å². The Morgan fingerprint density at radius 2 is 2.17 bits per heavy atom. The Kier molecular flexibility index (Phi) is 2.76. The standard InChI is InChI=1S/C9H10O2S/c1-6-3-9(12-2)7(5-10)4-8(6)11/h3-5,11H,1-2H3. The van der Waals surface area contributed by atoms with Crippen molar-refractivity contribution in [2.75, 3.05) is 6.26 Å². The number of phenols is 1. The molecule has 1 aromatic carbocycles. The second kappa shape index (κ2) is 3.63. The molecule has 0 atom stereocenters. The van der Waals surface area contributed by atoms with E-state index in [9.17, 15) is 9.90 Å². The highest BCUT2D eigenvalue weighted by Crippen LogP contribution is 2.26. The minimum Gasteiger partial charge on any atom is -0.508 e. The van der Waals surface area contributed by atoms with Crippen molar-refractivity contribution in [2.45, 2.75) is 11.8 Å². The van der Waals surface area contributed by atoms with E-state index in [0.717, 1.165) is 16.7 Å². The van der Waals surface area contributed by atoms with E-state index in [1.165, 1.54) is 17.8 Å². The predicted molar refractivity (Wildman–Crippen MR) is 50.0 cm³/mol. The molecule has 64 valence electrons. The molecule has 0 aromatic heterocycles. The topological polar surface area (TPSA) is 37.3 Å². The van der Waals surface area contributed by atoms with Crippen molar-refractivity contribution in [3.05, 3.63) is 23.3 Å². The van der Waals surface area contributed by atoms with Crippen molar-refractivity contribution < 1.29 is 9.90 Å². The van der Waals surface area contributed by atoms with Crippen molar-refractivity contribution in [1.82, 2.24) is 0 Å². The van der Waals surface area contributed by atoms with Gasteiger partial charge in [-0.15, -0.1) is 11.8 Å². The molecule has 3 heteroatoms. The first-order chi connectivity index (χ1) is 5.69. The van der Waals surface area contributed by atoms with Crippen LogP contribution in [0.1, 0.15) is 15.9 Å². The van der Waals surface area contributed by atoms with Crippen LogP contribution >= 0.6 is 11.8 Å². The van der Waals surface area contributed by atoms with Gasteiger partial charge in [0.1, 0.15) is 5.75 Å². The highest BCUT2D eigenvalue weighted by Gasteiger charge is 2.04. The van der Waals surface area contributed by atoms with Crippen LogP contribution in [0.15, 0.2) is 17.0 Å². The molecule has 0 aliphatic carbocycles. The average molecular weight is 182 g/mol. The first-order valence-electron chi connectivity index (χ1n) is 3.52. The fourth-order valence-electron chi connectivity index (χ4n) is 0.955. The lowest BCUT2D eigenvalue weighted by molar-refractivity contribution is 0.112. The minimum absolute atomic E-state index is 0.176. The van der Waals surface area contributed by atoms with E-state index in [0.29, 0.717) is 5.56 Å². The lowest BCUT2D eigenvalue weighted by Crippen LogP contribution is -1.86. The number of hydrogen-bond acceptors (Lipinski definition) is 3. The van der Waals surface area contributed by atoms with Crippen LogP contribution in [-0.2, 0) is 0 Å². The van der Waals surface area contributed by atoms with E-state index in [-0.39, 0.29) is 5.75 Å². The quantitative estimate of drug-likeness (QED) is 0.563. The number of rotatable bonds is 2. The molecule has 1 aromatic rings. The molecular weight excluding hydrogens is 172 g/mol. The lowest BCUT2D eigenvalue weighted by atomic mass is 10.1. The molecule has 0 radical (unpaired) electrons. The second-order valence-corrected chi connectivity index (χ2v) is 3.35. The Balaban J connectivity index is 3.28. The van der Waals surface area contributed by atoms with Crippen LogP contribution in [0.5, 0.6) is 5.75 Å². The van der Waals surface area contributed by atoms with E-state index in [2.05, 4.69) is 0 Å². The van der Waals surface area contributed by atoms with E-state index in [1.807, 2.05) is 19.2 Å². The number of carbonyl (C=O) groups excluding carboxylic acids is 1. The van der Waals surface area contributed by atoms with Crippen molar-refractivity contribution >= 4 is 18.0 Å². The number of hydrogen-bond donors (Lipinski definition) is 1. The Morgan fingerprint density at radius 1 is 1.50 bits per heavy atom. The van der Waals surface area contributed by atoms with Gasteiger partial charge in [-0.1, -0.05) is 0 Å². The Labute approximate surface area is 75.6 Å². The molecule has 0 fully saturated rings. The smallest absolute Gasteiger partial charge is 0.151 e. The third-order valence-electron chi connectivity index (χ3n) is 1.68. The molecule has 0 bridgehead atoms. The zero-order valence-corrected chi connectivity index (χ0v) is 7.81. The minimum atomic E-state index is 0.176. The largest absolute Gasteiger partial charge is 0.508 e. The number of thioether (sulfide) groups is 1. The maximum absolute atomic E-state index is 10.5. The molecule has 0 heterocycles. The van der Waals surface area contributed by atoms with E-state index >= 15 is 0 Å².